The Morgan fingerprint density at radius 1 is 1.10 bits per heavy atom. The maximum Gasteiger partial charge on any atom is 0.132 e. The smallest absolute Gasteiger partial charge is 0.132 e. The number of rotatable bonds is 0. The number of carbonyl (C=O) groups is 1. The highest BCUT2D eigenvalue weighted by Gasteiger charge is 2.37. The van der Waals surface area contributed by atoms with E-state index >= 15 is 0 Å². The van der Waals surface area contributed by atoms with E-state index in [1.807, 2.05) is 0 Å². The molecule has 2 aliphatic carbocycles. The Morgan fingerprint density at radius 3 is 2.80 bits per heavy atom. The molecule has 0 aromatic carbocycles. The number of Topliss-reactive ketones (excluding diaryl/α,β-unsaturated/α-hetero) is 1. The standard InChI is InChI=1S/C9H14O/c10-9-3-1-2-7-6-8(7)4-5-9/h7-8H,1-6H2/t7-,8-/m1/s1. The molecule has 0 spiro atoms. The molecule has 10 heavy (non-hydrogen) atoms. The summed E-state index contributed by atoms with van der Waals surface area (Å²) in [4.78, 5) is 11.0. The highest BCUT2D eigenvalue weighted by atomic mass is 16.1. The van der Waals surface area contributed by atoms with E-state index in [-0.39, 0.29) is 0 Å². The molecule has 1 heteroatoms. The third-order valence-electron chi connectivity index (χ3n) is 2.89. The largest absolute Gasteiger partial charge is 0.300 e. The third-order valence-corrected chi connectivity index (χ3v) is 2.89. The van der Waals surface area contributed by atoms with E-state index in [2.05, 4.69) is 0 Å². The topological polar surface area (TPSA) is 17.1 Å². The van der Waals surface area contributed by atoms with Crippen molar-refractivity contribution in [3.8, 4) is 0 Å². The van der Waals surface area contributed by atoms with Crippen LogP contribution in [0.2, 0.25) is 0 Å². The fraction of sp³-hybridized carbons (Fsp3) is 0.889. The number of fused-ring (bicyclic) bond motifs is 1. The molecule has 2 atom stereocenters. The highest BCUT2D eigenvalue weighted by molar-refractivity contribution is 5.78. The van der Waals surface area contributed by atoms with Gasteiger partial charge in [0.25, 0.3) is 0 Å². The van der Waals surface area contributed by atoms with E-state index in [1.165, 1.54) is 25.7 Å². The van der Waals surface area contributed by atoms with Crippen molar-refractivity contribution in [1.82, 2.24) is 0 Å². The minimum absolute atomic E-state index is 0.505. The summed E-state index contributed by atoms with van der Waals surface area (Å²) >= 11 is 0. The first-order chi connectivity index (χ1) is 4.86. The van der Waals surface area contributed by atoms with Crippen LogP contribution >= 0.6 is 0 Å². The molecule has 0 radical (unpaired) electrons. The van der Waals surface area contributed by atoms with E-state index < -0.39 is 0 Å². The van der Waals surface area contributed by atoms with Crippen molar-refractivity contribution in [1.29, 1.82) is 0 Å². The predicted molar refractivity (Wildman–Crippen MR) is 39.7 cm³/mol. The van der Waals surface area contributed by atoms with Crippen LogP contribution in [0.25, 0.3) is 0 Å². The molecular weight excluding hydrogens is 124 g/mol. The zero-order valence-corrected chi connectivity index (χ0v) is 6.31. The van der Waals surface area contributed by atoms with Crippen molar-refractivity contribution in [3.05, 3.63) is 0 Å². The Hall–Kier alpha value is -0.330. The summed E-state index contributed by atoms with van der Waals surface area (Å²) < 4.78 is 0. The highest BCUT2D eigenvalue weighted by Crippen LogP contribution is 2.46. The summed E-state index contributed by atoms with van der Waals surface area (Å²) in [5.41, 5.74) is 0. The Labute approximate surface area is 61.8 Å². The van der Waals surface area contributed by atoms with Crippen molar-refractivity contribution in [2.24, 2.45) is 11.8 Å². The van der Waals surface area contributed by atoms with Crippen LogP contribution < -0.4 is 0 Å². The minimum Gasteiger partial charge on any atom is -0.300 e. The lowest BCUT2D eigenvalue weighted by molar-refractivity contribution is -0.119. The lowest BCUT2D eigenvalue weighted by Crippen LogP contribution is -2.02. The molecule has 0 bridgehead atoms. The SMILES string of the molecule is O=C1CCC[C@@H]2C[C@H]2CC1. The molecule has 2 fully saturated rings. The van der Waals surface area contributed by atoms with Crippen molar-refractivity contribution < 1.29 is 4.79 Å². The second kappa shape index (κ2) is 2.37. The molecule has 0 saturated heterocycles. The van der Waals surface area contributed by atoms with Crippen LogP contribution in [-0.4, -0.2) is 5.78 Å². The fourth-order valence-corrected chi connectivity index (χ4v) is 2.05. The molecule has 56 valence electrons. The lowest BCUT2D eigenvalue weighted by atomic mass is 10.0. The van der Waals surface area contributed by atoms with Crippen LogP contribution in [-0.2, 0) is 4.79 Å². The van der Waals surface area contributed by atoms with Gasteiger partial charge in [-0.2, -0.15) is 0 Å². The van der Waals surface area contributed by atoms with Crippen LogP contribution in [0, 0.1) is 11.8 Å². The number of ketones is 1. The molecule has 2 rings (SSSR count). The van der Waals surface area contributed by atoms with Gasteiger partial charge in [-0.25, -0.2) is 0 Å². The van der Waals surface area contributed by atoms with E-state index in [4.69, 9.17) is 0 Å². The summed E-state index contributed by atoms with van der Waals surface area (Å²) in [6.45, 7) is 0. The van der Waals surface area contributed by atoms with Crippen molar-refractivity contribution in [2.45, 2.75) is 38.5 Å². The van der Waals surface area contributed by atoms with Gasteiger partial charge in [-0.1, -0.05) is 0 Å². The third kappa shape index (κ3) is 1.23. The van der Waals surface area contributed by atoms with E-state index in [0.717, 1.165) is 24.7 Å². The second-order valence-electron chi connectivity index (χ2n) is 3.73. The van der Waals surface area contributed by atoms with Crippen molar-refractivity contribution in [3.63, 3.8) is 0 Å². The van der Waals surface area contributed by atoms with E-state index in [1.54, 1.807) is 0 Å². The van der Waals surface area contributed by atoms with Gasteiger partial charge >= 0.3 is 0 Å². The van der Waals surface area contributed by atoms with Gasteiger partial charge < -0.3 is 0 Å². The molecule has 2 aliphatic rings. The zero-order valence-electron chi connectivity index (χ0n) is 6.31. The van der Waals surface area contributed by atoms with Gasteiger partial charge in [-0.15, -0.1) is 0 Å². The van der Waals surface area contributed by atoms with Crippen LogP contribution in [0.4, 0.5) is 0 Å². The second-order valence-corrected chi connectivity index (χ2v) is 3.73. The summed E-state index contributed by atoms with van der Waals surface area (Å²) in [5.74, 6) is 2.47. The maximum atomic E-state index is 11.0. The average molecular weight is 138 g/mol. The monoisotopic (exact) mass is 138 g/mol. The zero-order chi connectivity index (χ0) is 6.97. The first-order valence-electron chi connectivity index (χ1n) is 4.38. The first-order valence-corrected chi connectivity index (χ1v) is 4.38. The fourth-order valence-electron chi connectivity index (χ4n) is 2.05. The first kappa shape index (κ1) is 6.38. The molecule has 1 nitrogen and oxygen atoms in total. The molecular formula is C9H14O. The molecule has 0 aromatic rings. The van der Waals surface area contributed by atoms with Crippen molar-refractivity contribution >= 4 is 5.78 Å². The Bertz CT molecular complexity index is 151. The van der Waals surface area contributed by atoms with Gasteiger partial charge in [0.05, 0.1) is 0 Å². The summed E-state index contributed by atoms with van der Waals surface area (Å²) in [6, 6.07) is 0. The van der Waals surface area contributed by atoms with Crippen LogP contribution in [0.3, 0.4) is 0 Å². The minimum atomic E-state index is 0.505. The van der Waals surface area contributed by atoms with Crippen LogP contribution in [0.1, 0.15) is 38.5 Å². The molecule has 0 unspecified atom stereocenters. The van der Waals surface area contributed by atoms with Gasteiger partial charge in [0, 0.05) is 12.8 Å². The summed E-state index contributed by atoms with van der Waals surface area (Å²) in [5, 5.41) is 0. The van der Waals surface area contributed by atoms with Gasteiger partial charge in [-0.3, -0.25) is 4.79 Å². The molecule has 0 aromatic heterocycles. The Balaban J connectivity index is 1.88. The van der Waals surface area contributed by atoms with Gasteiger partial charge in [-0.05, 0) is 37.5 Å². The Kier molecular flexibility index (Phi) is 1.51. The normalized spacial score (nSPS) is 39.8. The lowest BCUT2D eigenvalue weighted by Gasteiger charge is -2.04. The number of hydrogen-bond donors (Lipinski definition) is 0. The maximum absolute atomic E-state index is 11.0. The van der Waals surface area contributed by atoms with Crippen LogP contribution in [0.15, 0.2) is 0 Å². The number of carbonyl (C=O) groups excluding carboxylic acids is 1. The van der Waals surface area contributed by atoms with Crippen molar-refractivity contribution in [2.75, 3.05) is 0 Å². The molecule has 0 amide bonds. The van der Waals surface area contributed by atoms with Gasteiger partial charge in [0.1, 0.15) is 5.78 Å². The average Bonchev–Trinajstić information content (AvgIpc) is 2.59. The van der Waals surface area contributed by atoms with Crippen LogP contribution in [0.5, 0.6) is 0 Å². The number of hydrogen-bond acceptors (Lipinski definition) is 1. The summed E-state index contributed by atoms with van der Waals surface area (Å²) in [7, 11) is 0. The molecule has 0 aliphatic heterocycles. The predicted octanol–water partition coefficient (Wildman–Crippen LogP) is 2.16. The van der Waals surface area contributed by atoms with E-state index in [0.29, 0.717) is 5.78 Å². The molecule has 0 heterocycles. The van der Waals surface area contributed by atoms with Gasteiger partial charge in [0.2, 0.25) is 0 Å². The van der Waals surface area contributed by atoms with E-state index in [9.17, 15) is 4.79 Å². The van der Waals surface area contributed by atoms with Gasteiger partial charge in [0.15, 0.2) is 0 Å². The quantitative estimate of drug-likeness (QED) is 0.501. The molecule has 2 saturated carbocycles. The molecule has 0 N–H and O–H groups in total. The Morgan fingerprint density at radius 2 is 1.90 bits per heavy atom. The summed E-state index contributed by atoms with van der Waals surface area (Å²) in [6.07, 6.45) is 6.86.